The summed E-state index contributed by atoms with van der Waals surface area (Å²) >= 11 is 0. The molecule has 0 radical (unpaired) electrons. The first-order valence-corrected chi connectivity index (χ1v) is 4.21. The third-order valence-corrected chi connectivity index (χ3v) is 2.26. The number of carbonyl (C=O) groups excluding carboxylic acids is 1. The van der Waals surface area contributed by atoms with Gasteiger partial charge in [-0.1, -0.05) is 32.9 Å². The molecule has 11 heavy (non-hydrogen) atoms. The van der Waals surface area contributed by atoms with Crippen LogP contribution < -0.4 is 0 Å². The van der Waals surface area contributed by atoms with Gasteiger partial charge in [-0.15, -0.1) is 0 Å². The van der Waals surface area contributed by atoms with Gasteiger partial charge in [-0.25, -0.2) is 0 Å². The Morgan fingerprint density at radius 2 is 2.18 bits per heavy atom. The second-order valence-electron chi connectivity index (χ2n) is 4.23. The van der Waals surface area contributed by atoms with Crippen molar-refractivity contribution in [2.24, 2.45) is 11.3 Å². The highest BCUT2D eigenvalue weighted by atomic mass is 16.1. The highest BCUT2D eigenvalue weighted by Gasteiger charge is 2.25. The highest BCUT2D eigenvalue weighted by molar-refractivity contribution is 5.83. The van der Waals surface area contributed by atoms with Gasteiger partial charge in [-0.05, 0) is 11.8 Å². The van der Waals surface area contributed by atoms with Gasteiger partial charge >= 0.3 is 0 Å². The Hall–Kier alpha value is -0.590. The quantitative estimate of drug-likeness (QED) is 0.487. The Morgan fingerprint density at radius 3 is 2.82 bits per heavy atom. The lowest BCUT2D eigenvalue weighted by atomic mass is 9.84. The summed E-state index contributed by atoms with van der Waals surface area (Å²) in [7, 11) is 0. The van der Waals surface area contributed by atoms with Crippen LogP contribution in [0.2, 0.25) is 0 Å². The lowest BCUT2D eigenvalue weighted by Crippen LogP contribution is -2.17. The molecule has 0 aromatic rings. The van der Waals surface area contributed by atoms with Gasteiger partial charge in [0.05, 0.1) is 0 Å². The standard InChI is InChI=1S/C10H16O/c1-8-5-4-6-10(2,3)7-9(8)11/h4-5,8H,6-7H2,1-3H3. The Kier molecular flexibility index (Phi) is 2.17. The van der Waals surface area contributed by atoms with E-state index in [4.69, 9.17) is 0 Å². The third-order valence-electron chi connectivity index (χ3n) is 2.26. The normalized spacial score (nSPS) is 30.1. The smallest absolute Gasteiger partial charge is 0.139 e. The number of rotatable bonds is 0. The Morgan fingerprint density at radius 1 is 1.55 bits per heavy atom. The minimum atomic E-state index is 0.136. The molecular formula is C10H16O. The van der Waals surface area contributed by atoms with Crippen LogP contribution in [0.1, 0.15) is 33.6 Å². The fraction of sp³-hybridized carbons (Fsp3) is 0.700. The van der Waals surface area contributed by atoms with Crippen LogP contribution in [0, 0.1) is 11.3 Å². The van der Waals surface area contributed by atoms with Crippen LogP contribution in [0.5, 0.6) is 0 Å². The van der Waals surface area contributed by atoms with E-state index < -0.39 is 0 Å². The molecule has 0 amide bonds. The third kappa shape index (κ3) is 2.18. The Labute approximate surface area is 68.5 Å². The number of allylic oxidation sites excluding steroid dienone is 2. The van der Waals surface area contributed by atoms with Gasteiger partial charge in [0.2, 0.25) is 0 Å². The lowest BCUT2D eigenvalue weighted by molar-refractivity contribution is -0.122. The molecule has 1 nitrogen and oxygen atoms in total. The summed E-state index contributed by atoms with van der Waals surface area (Å²) in [6.45, 7) is 6.26. The van der Waals surface area contributed by atoms with Crippen molar-refractivity contribution >= 4 is 5.78 Å². The molecule has 0 aliphatic heterocycles. The van der Waals surface area contributed by atoms with E-state index >= 15 is 0 Å². The molecule has 0 fully saturated rings. The predicted octanol–water partition coefficient (Wildman–Crippen LogP) is 2.57. The summed E-state index contributed by atoms with van der Waals surface area (Å²) in [6, 6.07) is 0. The molecule has 1 atom stereocenters. The molecule has 1 aliphatic rings. The highest BCUT2D eigenvalue weighted by Crippen LogP contribution is 2.30. The molecule has 0 saturated heterocycles. The Balaban J connectivity index is 2.74. The molecule has 0 saturated carbocycles. The number of carbonyl (C=O) groups is 1. The molecular weight excluding hydrogens is 136 g/mol. The number of Topliss-reactive ketones (excluding diaryl/α,β-unsaturated/α-hetero) is 1. The van der Waals surface area contributed by atoms with Crippen molar-refractivity contribution in [2.45, 2.75) is 33.6 Å². The zero-order valence-corrected chi connectivity index (χ0v) is 7.55. The zero-order chi connectivity index (χ0) is 8.48. The first kappa shape index (κ1) is 8.51. The van der Waals surface area contributed by atoms with Gasteiger partial charge in [0.15, 0.2) is 0 Å². The van der Waals surface area contributed by atoms with Crippen LogP contribution >= 0.6 is 0 Å². The fourth-order valence-electron chi connectivity index (χ4n) is 1.40. The second kappa shape index (κ2) is 2.80. The van der Waals surface area contributed by atoms with Gasteiger partial charge < -0.3 is 0 Å². The van der Waals surface area contributed by atoms with Crippen molar-refractivity contribution in [3.05, 3.63) is 12.2 Å². The van der Waals surface area contributed by atoms with Crippen molar-refractivity contribution in [3.63, 3.8) is 0 Å². The van der Waals surface area contributed by atoms with Crippen molar-refractivity contribution in [1.29, 1.82) is 0 Å². The van der Waals surface area contributed by atoms with Crippen LogP contribution in [0.3, 0.4) is 0 Å². The number of hydrogen-bond acceptors (Lipinski definition) is 1. The van der Waals surface area contributed by atoms with Gasteiger partial charge in [0.1, 0.15) is 5.78 Å². The Bertz CT molecular complexity index is 189. The first-order valence-electron chi connectivity index (χ1n) is 4.21. The van der Waals surface area contributed by atoms with Crippen molar-refractivity contribution in [2.75, 3.05) is 0 Å². The predicted molar refractivity (Wildman–Crippen MR) is 46.3 cm³/mol. The van der Waals surface area contributed by atoms with E-state index in [1.807, 2.05) is 13.0 Å². The largest absolute Gasteiger partial charge is 0.299 e. The first-order chi connectivity index (χ1) is 5.01. The average molecular weight is 152 g/mol. The van der Waals surface area contributed by atoms with E-state index in [2.05, 4.69) is 19.9 Å². The molecule has 0 aromatic heterocycles. The van der Waals surface area contributed by atoms with Crippen LogP contribution in [0.15, 0.2) is 12.2 Å². The van der Waals surface area contributed by atoms with Gasteiger partial charge in [-0.2, -0.15) is 0 Å². The molecule has 1 heteroatoms. The molecule has 1 unspecified atom stereocenters. The van der Waals surface area contributed by atoms with E-state index in [1.165, 1.54) is 0 Å². The fourth-order valence-corrected chi connectivity index (χ4v) is 1.40. The number of hydrogen-bond donors (Lipinski definition) is 0. The molecule has 1 aliphatic carbocycles. The minimum absolute atomic E-state index is 0.136. The maximum atomic E-state index is 11.4. The van der Waals surface area contributed by atoms with Crippen molar-refractivity contribution in [1.82, 2.24) is 0 Å². The van der Waals surface area contributed by atoms with E-state index in [-0.39, 0.29) is 11.3 Å². The maximum Gasteiger partial charge on any atom is 0.139 e. The molecule has 0 bridgehead atoms. The molecule has 62 valence electrons. The summed E-state index contributed by atoms with van der Waals surface area (Å²) < 4.78 is 0. The summed E-state index contributed by atoms with van der Waals surface area (Å²) in [5.74, 6) is 0.514. The van der Waals surface area contributed by atoms with Crippen molar-refractivity contribution in [3.8, 4) is 0 Å². The second-order valence-corrected chi connectivity index (χ2v) is 4.23. The molecule has 0 spiro atoms. The summed E-state index contributed by atoms with van der Waals surface area (Å²) in [4.78, 5) is 11.4. The van der Waals surface area contributed by atoms with Crippen LogP contribution in [0.4, 0.5) is 0 Å². The van der Waals surface area contributed by atoms with Gasteiger partial charge in [0.25, 0.3) is 0 Å². The van der Waals surface area contributed by atoms with Gasteiger partial charge in [0, 0.05) is 12.3 Å². The zero-order valence-electron chi connectivity index (χ0n) is 7.55. The van der Waals surface area contributed by atoms with E-state index in [0.717, 1.165) is 12.8 Å². The van der Waals surface area contributed by atoms with Crippen LogP contribution in [-0.2, 0) is 4.79 Å². The monoisotopic (exact) mass is 152 g/mol. The molecule has 0 heterocycles. The molecule has 1 rings (SSSR count). The maximum absolute atomic E-state index is 11.4. The summed E-state index contributed by atoms with van der Waals surface area (Å²) in [5.41, 5.74) is 0.179. The SMILES string of the molecule is CC1C=CCC(C)(C)CC1=O. The van der Waals surface area contributed by atoms with Crippen LogP contribution in [-0.4, -0.2) is 5.78 Å². The van der Waals surface area contributed by atoms with E-state index in [0.29, 0.717) is 5.78 Å². The number of ketones is 1. The topological polar surface area (TPSA) is 17.1 Å². The van der Waals surface area contributed by atoms with E-state index in [9.17, 15) is 4.79 Å². The van der Waals surface area contributed by atoms with E-state index in [1.54, 1.807) is 0 Å². The molecule has 0 N–H and O–H groups in total. The molecule has 0 aromatic carbocycles. The van der Waals surface area contributed by atoms with Crippen LogP contribution in [0.25, 0.3) is 0 Å². The van der Waals surface area contributed by atoms with Crippen molar-refractivity contribution < 1.29 is 4.79 Å². The summed E-state index contributed by atoms with van der Waals surface area (Å²) in [5, 5.41) is 0. The minimum Gasteiger partial charge on any atom is -0.299 e. The van der Waals surface area contributed by atoms with Gasteiger partial charge in [-0.3, -0.25) is 4.79 Å². The lowest BCUT2D eigenvalue weighted by Gasteiger charge is -2.20. The summed E-state index contributed by atoms with van der Waals surface area (Å²) in [6.07, 6.45) is 5.91. The average Bonchev–Trinajstić information content (AvgIpc) is 1.93.